The molecule has 0 radical (unpaired) electrons. The van der Waals surface area contributed by atoms with Crippen LogP contribution in [0.2, 0.25) is 0 Å². The maximum absolute atomic E-state index is 3.69. The highest BCUT2D eigenvalue weighted by atomic mass is 14.9. The number of rotatable bonds is 5. The molecule has 0 saturated heterocycles. The monoisotopic (exact) mass is 231 g/mol. The lowest BCUT2D eigenvalue weighted by Gasteiger charge is -2.27. The van der Waals surface area contributed by atoms with E-state index in [4.69, 9.17) is 0 Å². The van der Waals surface area contributed by atoms with Crippen molar-refractivity contribution in [2.45, 2.75) is 46.6 Å². The average molecular weight is 231 g/mol. The van der Waals surface area contributed by atoms with Gasteiger partial charge in [-0.25, -0.2) is 0 Å². The molecule has 94 valence electrons. The van der Waals surface area contributed by atoms with Crippen molar-refractivity contribution in [1.29, 1.82) is 0 Å². The quantitative estimate of drug-likeness (QED) is 0.807. The number of hydrogen-bond donors (Lipinski definition) is 1. The van der Waals surface area contributed by atoms with Crippen LogP contribution in [0.5, 0.6) is 0 Å². The highest BCUT2D eigenvalue weighted by molar-refractivity contribution is 5.35. The van der Waals surface area contributed by atoms with Gasteiger partial charge < -0.3 is 5.32 Å². The van der Waals surface area contributed by atoms with Crippen molar-refractivity contribution in [2.75, 3.05) is 6.54 Å². The maximum atomic E-state index is 3.69. The Kier molecular flexibility index (Phi) is 3.88. The third-order valence-corrected chi connectivity index (χ3v) is 4.30. The summed E-state index contributed by atoms with van der Waals surface area (Å²) in [5.74, 6) is 1.70. The number of nitrogens with one attached hydrogen (secondary N) is 1. The molecule has 1 aliphatic carbocycles. The van der Waals surface area contributed by atoms with Gasteiger partial charge in [-0.2, -0.15) is 0 Å². The van der Waals surface area contributed by atoms with Crippen LogP contribution < -0.4 is 5.32 Å². The third-order valence-electron chi connectivity index (χ3n) is 4.30. The SMILES string of the molecule is CCNC(c1cccc(C)c1C)C(C)C1CC1. The second-order valence-corrected chi connectivity index (χ2v) is 5.52. The zero-order valence-corrected chi connectivity index (χ0v) is 11.6. The minimum atomic E-state index is 0.535. The van der Waals surface area contributed by atoms with E-state index in [1.807, 2.05) is 0 Å². The maximum Gasteiger partial charge on any atom is 0.0351 e. The molecule has 0 spiro atoms. The van der Waals surface area contributed by atoms with Gasteiger partial charge in [-0.3, -0.25) is 0 Å². The zero-order valence-electron chi connectivity index (χ0n) is 11.6. The topological polar surface area (TPSA) is 12.0 Å². The summed E-state index contributed by atoms with van der Waals surface area (Å²) in [6.07, 6.45) is 2.85. The molecule has 2 rings (SSSR count). The molecule has 1 heteroatoms. The third kappa shape index (κ3) is 2.71. The molecule has 0 bridgehead atoms. The largest absolute Gasteiger partial charge is 0.310 e. The fraction of sp³-hybridized carbons (Fsp3) is 0.625. The van der Waals surface area contributed by atoms with Gasteiger partial charge in [-0.15, -0.1) is 0 Å². The molecule has 17 heavy (non-hydrogen) atoms. The van der Waals surface area contributed by atoms with E-state index in [1.165, 1.54) is 29.5 Å². The Hall–Kier alpha value is -0.820. The summed E-state index contributed by atoms with van der Waals surface area (Å²) in [5, 5.41) is 3.69. The lowest BCUT2D eigenvalue weighted by atomic mass is 9.87. The van der Waals surface area contributed by atoms with Gasteiger partial charge in [0.15, 0.2) is 0 Å². The summed E-state index contributed by atoms with van der Waals surface area (Å²) >= 11 is 0. The molecule has 0 aromatic heterocycles. The molecule has 2 atom stereocenters. The van der Waals surface area contributed by atoms with E-state index in [9.17, 15) is 0 Å². The predicted octanol–water partition coefficient (Wildman–Crippen LogP) is 4.00. The highest BCUT2D eigenvalue weighted by Gasteiger charge is 2.34. The summed E-state index contributed by atoms with van der Waals surface area (Å²) in [6.45, 7) is 10.1. The Morgan fingerprint density at radius 2 is 2.00 bits per heavy atom. The molecule has 1 nitrogen and oxygen atoms in total. The molecule has 0 amide bonds. The van der Waals surface area contributed by atoms with Gasteiger partial charge in [-0.05, 0) is 61.8 Å². The smallest absolute Gasteiger partial charge is 0.0351 e. The second kappa shape index (κ2) is 5.22. The molecular formula is C16H25N. The van der Waals surface area contributed by atoms with Crippen LogP contribution in [0.15, 0.2) is 18.2 Å². The lowest BCUT2D eigenvalue weighted by Crippen LogP contribution is -2.28. The van der Waals surface area contributed by atoms with Crippen LogP contribution in [0.25, 0.3) is 0 Å². The van der Waals surface area contributed by atoms with Crippen molar-refractivity contribution in [1.82, 2.24) is 5.32 Å². The zero-order chi connectivity index (χ0) is 12.4. The van der Waals surface area contributed by atoms with Crippen molar-refractivity contribution in [3.8, 4) is 0 Å². The Balaban J connectivity index is 2.27. The number of aryl methyl sites for hydroxylation is 1. The minimum Gasteiger partial charge on any atom is -0.310 e. The van der Waals surface area contributed by atoms with Gasteiger partial charge in [0.25, 0.3) is 0 Å². The van der Waals surface area contributed by atoms with E-state index in [-0.39, 0.29) is 0 Å². The Morgan fingerprint density at radius 3 is 2.59 bits per heavy atom. The van der Waals surface area contributed by atoms with E-state index in [0.29, 0.717) is 6.04 Å². The first-order chi connectivity index (χ1) is 8.15. The van der Waals surface area contributed by atoms with Crippen LogP contribution in [0.1, 0.15) is 49.4 Å². The standard InChI is InChI=1S/C16H25N/c1-5-17-16(13(4)14-9-10-14)15-8-6-7-11(2)12(15)3/h6-8,13-14,16-17H,5,9-10H2,1-4H3. The number of benzene rings is 1. The molecule has 1 fully saturated rings. The summed E-state index contributed by atoms with van der Waals surface area (Å²) < 4.78 is 0. The first-order valence-corrected chi connectivity index (χ1v) is 6.94. The van der Waals surface area contributed by atoms with Gasteiger partial charge in [0, 0.05) is 6.04 Å². The van der Waals surface area contributed by atoms with Crippen molar-refractivity contribution < 1.29 is 0 Å². The fourth-order valence-electron chi connectivity index (χ4n) is 2.80. The Morgan fingerprint density at radius 1 is 1.29 bits per heavy atom. The number of hydrogen-bond acceptors (Lipinski definition) is 1. The second-order valence-electron chi connectivity index (χ2n) is 5.52. The summed E-state index contributed by atoms with van der Waals surface area (Å²) in [7, 11) is 0. The van der Waals surface area contributed by atoms with Crippen LogP contribution in [0.3, 0.4) is 0 Å². The van der Waals surface area contributed by atoms with Crippen LogP contribution in [0.4, 0.5) is 0 Å². The van der Waals surface area contributed by atoms with E-state index in [2.05, 4.69) is 51.2 Å². The van der Waals surface area contributed by atoms with E-state index in [0.717, 1.165) is 18.4 Å². The molecule has 1 saturated carbocycles. The summed E-state index contributed by atoms with van der Waals surface area (Å²) in [5.41, 5.74) is 4.38. The van der Waals surface area contributed by atoms with Crippen LogP contribution in [-0.2, 0) is 0 Å². The fourth-order valence-corrected chi connectivity index (χ4v) is 2.80. The molecule has 1 aromatic rings. The molecule has 1 N–H and O–H groups in total. The van der Waals surface area contributed by atoms with Crippen LogP contribution in [0, 0.1) is 25.7 Å². The van der Waals surface area contributed by atoms with Gasteiger partial charge in [-0.1, -0.05) is 32.0 Å². The normalized spacial score (nSPS) is 19.1. The van der Waals surface area contributed by atoms with Crippen molar-refractivity contribution in [3.05, 3.63) is 34.9 Å². The Bertz CT molecular complexity index is 379. The van der Waals surface area contributed by atoms with Crippen LogP contribution in [-0.4, -0.2) is 6.54 Å². The molecular weight excluding hydrogens is 206 g/mol. The van der Waals surface area contributed by atoms with E-state index < -0.39 is 0 Å². The summed E-state index contributed by atoms with van der Waals surface area (Å²) in [6, 6.07) is 7.24. The Labute approximate surface area is 106 Å². The predicted molar refractivity (Wildman–Crippen MR) is 74.2 cm³/mol. The van der Waals surface area contributed by atoms with E-state index >= 15 is 0 Å². The van der Waals surface area contributed by atoms with Gasteiger partial charge in [0.1, 0.15) is 0 Å². The first-order valence-electron chi connectivity index (χ1n) is 6.94. The van der Waals surface area contributed by atoms with Gasteiger partial charge >= 0.3 is 0 Å². The molecule has 0 aliphatic heterocycles. The summed E-state index contributed by atoms with van der Waals surface area (Å²) in [4.78, 5) is 0. The van der Waals surface area contributed by atoms with Crippen molar-refractivity contribution >= 4 is 0 Å². The van der Waals surface area contributed by atoms with Crippen molar-refractivity contribution in [3.63, 3.8) is 0 Å². The van der Waals surface area contributed by atoms with Crippen molar-refractivity contribution in [2.24, 2.45) is 11.8 Å². The molecule has 0 heterocycles. The molecule has 1 aromatic carbocycles. The molecule has 2 unspecified atom stereocenters. The van der Waals surface area contributed by atoms with Gasteiger partial charge in [0.2, 0.25) is 0 Å². The average Bonchev–Trinajstić information content (AvgIpc) is 3.13. The first kappa shape index (κ1) is 12.6. The minimum absolute atomic E-state index is 0.535. The van der Waals surface area contributed by atoms with E-state index in [1.54, 1.807) is 0 Å². The lowest BCUT2D eigenvalue weighted by molar-refractivity contribution is 0.354. The highest BCUT2D eigenvalue weighted by Crippen LogP contribution is 2.43. The van der Waals surface area contributed by atoms with Gasteiger partial charge in [0.05, 0.1) is 0 Å². The molecule has 1 aliphatic rings. The van der Waals surface area contributed by atoms with Crippen LogP contribution >= 0.6 is 0 Å².